The smallest absolute Gasteiger partial charge is 0.155 e. The second-order valence-electron chi connectivity index (χ2n) is 2.39. The molecule has 0 aliphatic rings. The minimum Gasteiger partial charge on any atom is -0.353 e. The molecule has 0 heterocycles. The van der Waals surface area contributed by atoms with Crippen molar-refractivity contribution in [2.75, 3.05) is 6.61 Å². The van der Waals surface area contributed by atoms with Gasteiger partial charge in [0.1, 0.15) is 0 Å². The Morgan fingerprint density at radius 3 is 2.09 bits per heavy atom. The van der Waals surface area contributed by atoms with Crippen LogP contribution in [0.15, 0.2) is 0 Å². The summed E-state index contributed by atoms with van der Waals surface area (Å²) in [6, 6.07) is 0. The molecule has 11 heavy (non-hydrogen) atoms. The molecule has 0 aromatic heterocycles. The molecule has 0 rings (SSSR count). The van der Waals surface area contributed by atoms with E-state index < -0.39 is 0 Å². The first-order valence-corrected chi connectivity index (χ1v) is 4.37. The lowest BCUT2D eigenvalue weighted by atomic mass is 10.2. The van der Waals surface area contributed by atoms with Crippen LogP contribution in [-0.2, 0) is 9.47 Å². The van der Waals surface area contributed by atoms with E-state index in [2.05, 4.69) is 13.8 Å². The monoisotopic (exact) mass is 159 g/mol. The molecule has 2 heteroatoms. The highest BCUT2D eigenvalue weighted by Crippen LogP contribution is 2.14. The van der Waals surface area contributed by atoms with E-state index in [1.165, 1.54) is 0 Å². The molecule has 0 saturated carbocycles. The summed E-state index contributed by atoms with van der Waals surface area (Å²) in [7, 11) is 0. The summed E-state index contributed by atoms with van der Waals surface area (Å²) in [5, 5.41) is 0. The Morgan fingerprint density at radius 2 is 1.73 bits per heavy atom. The van der Waals surface area contributed by atoms with Gasteiger partial charge in [0.2, 0.25) is 0 Å². The van der Waals surface area contributed by atoms with Crippen molar-refractivity contribution in [2.45, 2.75) is 46.8 Å². The van der Waals surface area contributed by atoms with Gasteiger partial charge < -0.3 is 9.47 Å². The SMILES string of the molecule is CCOC(C)O[C](CC)CC. The molecule has 0 aliphatic heterocycles. The first-order valence-electron chi connectivity index (χ1n) is 4.37. The molecule has 2 nitrogen and oxygen atoms in total. The molecule has 67 valence electrons. The van der Waals surface area contributed by atoms with E-state index in [0.29, 0.717) is 6.61 Å². The first-order chi connectivity index (χ1) is 5.24. The molecule has 0 bridgehead atoms. The van der Waals surface area contributed by atoms with Crippen LogP contribution in [0.1, 0.15) is 40.5 Å². The zero-order valence-electron chi connectivity index (χ0n) is 8.02. The molecule has 1 atom stereocenters. The highest BCUT2D eigenvalue weighted by molar-refractivity contribution is 4.73. The fraction of sp³-hybridized carbons (Fsp3) is 0.889. The Bertz CT molecular complexity index is 79.6. The fourth-order valence-corrected chi connectivity index (χ4v) is 0.920. The van der Waals surface area contributed by atoms with E-state index in [4.69, 9.17) is 9.47 Å². The second kappa shape index (κ2) is 6.62. The van der Waals surface area contributed by atoms with E-state index in [1.54, 1.807) is 0 Å². The fourth-order valence-electron chi connectivity index (χ4n) is 0.920. The lowest BCUT2D eigenvalue weighted by Gasteiger charge is -2.18. The van der Waals surface area contributed by atoms with Crippen LogP contribution in [0.25, 0.3) is 0 Å². The van der Waals surface area contributed by atoms with Gasteiger partial charge in [0.15, 0.2) is 6.29 Å². The average molecular weight is 159 g/mol. The van der Waals surface area contributed by atoms with E-state index in [1.807, 2.05) is 13.8 Å². The van der Waals surface area contributed by atoms with Gasteiger partial charge in [-0.15, -0.1) is 0 Å². The predicted molar refractivity (Wildman–Crippen MR) is 46.0 cm³/mol. The van der Waals surface area contributed by atoms with Crippen LogP contribution in [0, 0.1) is 6.10 Å². The molecule has 0 N–H and O–H groups in total. The van der Waals surface area contributed by atoms with Gasteiger partial charge in [-0.05, 0) is 26.7 Å². The lowest BCUT2D eigenvalue weighted by molar-refractivity contribution is -0.124. The molecule has 1 radical (unpaired) electrons. The van der Waals surface area contributed by atoms with E-state index in [0.717, 1.165) is 18.9 Å². The third-order valence-electron chi connectivity index (χ3n) is 1.52. The van der Waals surface area contributed by atoms with Gasteiger partial charge in [-0.3, -0.25) is 0 Å². The van der Waals surface area contributed by atoms with Crippen molar-refractivity contribution >= 4 is 0 Å². The Hall–Kier alpha value is -0.0800. The van der Waals surface area contributed by atoms with Gasteiger partial charge in [0.05, 0.1) is 6.10 Å². The van der Waals surface area contributed by atoms with E-state index in [-0.39, 0.29) is 6.29 Å². The molecule has 0 aliphatic carbocycles. The molecule has 0 saturated heterocycles. The van der Waals surface area contributed by atoms with Gasteiger partial charge in [0, 0.05) is 6.61 Å². The van der Waals surface area contributed by atoms with Crippen LogP contribution < -0.4 is 0 Å². The maximum atomic E-state index is 5.48. The standard InChI is InChI=1S/C9H19O2/c1-5-9(6-2)11-8(4)10-7-3/h8H,5-7H2,1-4H3. The summed E-state index contributed by atoms with van der Waals surface area (Å²) in [6.45, 7) is 8.79. The van der Waals surface area contributed by atoms with E-state index in [9.17, 15) is 0 Å². The van der Waals surface area contributed by atoms with Crippen LogP contribution in [0.4, 0.5) is 0 Å². The third-order valence-corrected chi connectivity index (χ3v) is 1.52. The minimum atomic E-state index is -0.0881. The van der Waals surface area contributed by atoms with Crippen LogP contribution in [0.2, 0.25) is 0 Å². The highest BCUT2D eigenvalue weighted by Gasteiger charge is 2.09. The topological polar surface area (TPSA) is 18.5 Å². The van der Waals surface area contributed by atoms with Gasteiger partial charge in [-0.2, -0.15) is 0 Å². The maximum absolute atomic E-state index is 5.48. The number of rotatable bonds is 6. The Kier molecular flexibility index (Phi) is 6.57. The summed E-state index contributed by atoms with van der Waals surface area (Å²) < 4.78 is 10.7. The van der Waals surface area contributed by atoms with Crippen molar-refractivity contribution in [1.82, 2.24) is 0 Å². The second-order valence-corrected chi connectivity index (χ2v) is 2.39. The molecule has 0 amide bonds. The summed E-state index contributed by atoms with van der Waals surface area (Å²) in [6.07, 6.45) is 2.99. The highest BCUT2D eigenvalue weighted by atomic mass is 16.7. The summed E-state index contributed by atoms with van der Waals surface area (Å²) in [4.78, 5) is 0. The average Bonchev–Trinajstić information content (AvgIpc) is 2.01. The van der Waals surface area contributed by atoms with Crippen LogP contribution in [0.5, 0.6) is 0 Å². The number of hydrogen-bond donors (Lipinski definition) is 0. The zero-order valence-corrected chi connectivity index (χ0v) is 8.02. The summed E-state index contributed by atoms with van der Waals surface area (Å²) in [5.41, 5.74) is 0. The molecule has 1 unspecified atom stereocenters. The summed E-state index contributed by atoms with van der Waals surface area (Å²) in [5.74, 6) is 0. The largest absolute Gasteiger partial charge is 0.353 e. The summed E-state index contributed by atoms with van der Waals surface area (Å²) >= 11 is 0. The van der Waals surface area contributed by atoms with Gasteiger partial charge in [0.25, 0.3) is 0 Å². The quantitative estimate of drug-likeness (QED) is 0.555. The number of hydrogen-bond acceptors (Lipinski definition) is 2. The molecular weight excluding hydrogens is 140 g/mol. The van der Waals surface area contributed by atoms with Crippen molar-refractivity contribution in [3.8, 4) is 0 Å². The Labute approximate surface area is 69.9 Å². The molecule has 0 aromatic carbocycles. The van der Waals surface area contributed by atoms with Crippen LogP contribution in [-0.4, -0.2) is 12.9 Å². The van der Waals surface area contributed by atoms with Gasteiger partial charge in [-0.1, -0.05) is 13.8 Å². The molecule has 0 spiro atoms. The number of ether oxygens (including phenoxy) is 2. The van der Waals surface area contributed by atoms with E-state index >= 15 is 0 Å². The maximum Gasteiger partial charge on any atom is 0.155 e. The molecule has 0 fully saturated rings. The van der Waals surface area contributed by atoms with Crippen LogP contribution in [0.3, 0.4) is 0 Å². The van der Waals surface area contributed by atoms with Crippen molar-refractivity contribution in [3.63, 3.8) is 0 Å². The van der Waals surface area contributed by atoms with Gasteiger partial charge >= 0.3 is 0 Å². The normalized spacial score (nSPS) is 13.9. The van der Waals surface area contributed by atoms with Crippen molar-refractivity contribution in [3.05, 3.63) is 6.10 Å². The van der Waals surface area contributed by atoms with Crippen molar-refractivity contribution < 1.29 is 9.47 Å². The molecule has 0 aromatic rings. The first kappa shape index (κ1) is 10.9. The minimum absolute atomic E-state index is 0.0881. The third kappa shape index (κ3) is 5.22. The Balaban J connectivity index is 3.44. The molecular formula is C9H19O2. The van der Waals surface area contributed by atoms with Crippen LogP contribution >= 0.6 is 0 Å². The zero-order chi connectivity index (χ0) is 8.69. The Morgan fingerprint density at radius 1 is 1.18 bits per heavy atom. The predicted octanol–water partition coefficient (Wildman–Crippen LogP) is 2.74. The van der Waals surface area contributed by atoms with Crippen molar-refractivity contribution in [2.24, 2.45) is 0 Å². The lowest BCUT2D eigenvalue weighted by Crippen LogP contribution is -2.15. The van der Waals surface area contributed by atoms with Gasteiger partial charge in [-0.25, -0.2) is 0 Å². The van der Waals surface area contributed by atoms with Crippen molar-refractivity contribution in [1.29, 1.82) is 0 Å².